The molecular weight excluding hydrogens is 302 g/mol. The van der Waals surface area contributed by atoms with Gasteiger partial charge in [0, 0.05) is 25.0 Å². The first-order chi connectivity index (χ1) is 11.7. The van der Waals surface area contributed by atoms with Crippen molar-refractivity contribution in [2.45, 2.75) is 44.2 Å². The molecule has 5 nitrogen and oxygen atoms in total. The van der Waals surface area contributed by atoms with Gasteiger partial charge in [0.15, 0.2) is 0 Å². The minimum absolute atomic E-state index is 0.0705. The van der Waals surface area contributed by atoms with Crippen LogP contribution in [-0.2, 0) is 0 Å². The van der Waals surface area contributed by atoms with Gasteiger partial charge in [-0.15, -0.1) is 0 Å². The van der Waals surface area contributed by atoms with E-state index >= 15 is 0 Å². The highest BCUT2D eigenvalue weighted by atomic mass is 16.3. The second-order valence-electron chi connectivity index (χ2n) is 6.98. The van der Waals surface area contributed by atoms with Crippen molar-refractivity contribution in [2.75, 3.05) is 6.61 Å². The van der Waals surface area contributed by atoms with Gasteiger partial charge in [0.1, 0.15) is 0 Å². The Labute approximate surface area is 143 Å². The summed E-state index contributed by atoms with van der Waals surface area (Å²) < 4.78 is 0. The number of nitrogens with one attached hydrogen (secondary N) is 2. The van der Waals surface area contributed by atoms with Crippen LogP contribution >= 0.6 is 0 Å². The molecule has 5 atom stereocenters. The normalized spacial score (nSPS) is 29.0. The van der Waals surface area contributed by atoms with Gasteiger partial charge in [-0.3, -0.25) is 0 Å². The summed E-state index contributed by atoms with van der Waals surface area (Å²) in [5.74, 6) is 1.23. The van der Waals surface area contributed by atoms with E-state index in [-0.39, 0.29) is 30.6 Å². The Morgan fingerprint density at radius 3 is 2.75 bits per heavy atom. The third kappa shape index (κ3) is 3.54. The highest BCUT2D eigenvalue weighted by Crippen LogP contribution is 2.48. The molecule has 0 aromatic heterocycles. The lowest BCUT2D eigenvalue weighted by molar-refractivity contribution is 0.144. The first-order valence-corrected chi connectivity index (χ1v) is 8.82. The third-order valence-corrected chi connectivity index (χ3v) is 5.65. The summed E-state index contributed by atoms with van der Waals surface area (Å²) >= 11 is 0. The van der Waals surface area contributed by atoms with E-state index in [2.05, 4.69) is 16.7 Å². The molecule has 2 amide bonds. The van der Waals surface area contributed by atoms with Gasteiger partial charge in [0.2, 0.25) is 0 Å². The number of nitrogens with zero attached hydrogens (tertiary/aromatic N) is 1. The number of fused-ring (bicyclic) bond motifs is 2. The van der Waals surface area contributed by atoms with E-state index in [0.29, 0.717) is 24.7 Å². The number of urea groups is 1. The van der Waals surface area contributed by atoms with E-state index in [1.165, 1.54) is 6.42 Å². The standard InChI is InChI=1S/C19H25N3O2/c20-10-4-7-17(13-5-2-1-3-6-13)21-19(24)22-18-15-9-8-14(11-15)16(18)12-23/h1-3,5-6,14-18,23H,4,7-9,11-12H2,(H2,21,22,24). The molecule has 1 aromatic rings. The molecule has 24 heavy (non-hydrogen) atoms. The van der Waals surface area contributed by atoms with Crippen LogP contribution in [0.3, 0.4) is 0 Å². The average Bonchev–Trinajstić information content (AvgIpc) is 3.20. The quantitative estimate of drug-likeness (QED) is 0.751. The Hall–Kier alpha value is -2.06. The van der Waals surface area contributed by atoms with Gasteiger partial charge in [0.05, 0.1) is 12.1 Å². The van der Waals surface area contributed by atoms with E-state index in [9.17, 15) is 9.90 Å². The number of carbonyl (C=O) groups is 1. The number of hydrogen-bond acceptors (Lipinski definition) is 3. The molecule has 1 aromatic carbocycles. The maximum Gasteiger partial charge on any atom is 0.315 e. The maximum absolute atomic E-state index is 12.5. The molecule has 3 rings (SSSR count). The van der Waals surface area contributed by atoms with Crippen molar-refractivity contribution >= 4 is 6.03 Å². The van der Waals surface area contributed by atoms with Crippen LogP contribution in [0.5, 0.6) is 0 Å². The van der Waals surface area contributed by atoms with E-state index < -0.39 is 0 Å². The highest BCUT2D eigenvalue weighted by molar-refractivity contribution is 5.75. The van der Waals surface area contributed by atoms with Crippen LogP contribution in [-0.4, -0.2) is 23.8 Å². The van der Waals surface area contributed by atoms with Gasteiger partial charge < -0.3 is 15.7 Å². The average molecular weight is 327 g/mol. The summed E-state index contributed by atoms with van der Waals surface area (Å²) in [6.07, 6.45) is 4.42. The monoisotopic (exact) mass is 327 g/mol. The zero-order valence-electron chi connectivity index (χ0n) is 13.8. The van der Waals surface area contributed by atoms with Gasteiger partial charge in [0.25, 0.3) is 0 Å². The van der Waals surface area contributed by atoms with Gasteiger partial charge in [-0.25, -0.2) is 4.79 Å². The molecule has 0 radical (unpaired) electrons. The number of aliphatic hydroxyl groups excluding tert-OH is 1. The number of nitriles is 1. The lowest BCUT2D eigenvalue weighted by atomic mass is 9.85. The molecule has 128 valence electrons. The van der Waals surface area contributed by atoms with E-state index in [4.69, 9.17) is 5.26 Å². The van der Waals surface area contributed by atoms with Crippen molar-refractivity contribution < 1.29 is 9.90 Å². The summed E-state index contributed by atoms with van der Waals surface area (Å²) in [6, 6.07) is 11.6. The van der Waals surface area contributed by atoms with Crippen molar-refractivity contribution in [3.8, 4) is 6.07 Å². The Kier molecular flexibility index (Phi) is 5.37. The lowest BCUT2D eigenvalue weighted by Crippen LogP contribution is -2.49. The van der Waals surface area contributed by atoms with Crippen LogP contribution in [0.15, 0.2) is 30.3 Å². The van der Waals surface area contributed by atoms with Crippen molar-refractivity contribution in [1.82, 2.24) is 10.6 Å². The zero-order chi connectivity index (χ0) is 16.9. The smallest absolute Gasteiger partial charge is 0.315 e. The fourth-order valence-corrected chi connectivity index (χ4v) is 4.47. The Morgan fingerprint density at radius 1 is 1.29 bits per heavy atom. The number of benzene rings is 1. The van der Waals surface area contributed by atoms with Gasteiger partial charge in [-0.05, 0) is 43.1 Å². The zero-order valence-corrected chi connectivity index (χ0v) is 13.8. The van der Waals surface area contributed by atoms with Crippen molar-refractivity contribution in [3.05, 3.63) is 35.9 Å². The van der Waals surface area contributed by atoms with Crippen LogP contribution in [0.4, 0.5) is 4.79 Å². The first-order valence-electron chi connectivity index (χ1n) is 8.82. The largest absolute Gasteiger partial charge is 0.396 e. The molecule has 0 heterocycles. The molecule has 2 bridgehead atoms. The van der Waals surface area contributed by atoms with Crippen LogP contribution in [0.2, 0.25) is 0 Å². The molecule has 0 spiro atoms. The fraction of sp³-hybridized carbons (Fsp3) is 0.579. The number of carbonyl (C=O) groups excluding carboxylic acids is 1. The molecule has 3 N–H and O–H groups in total. The maximum atomic E-state index is 12.5. The van der Waals surface area contributed by atoms with Crippen LogP contribution in [0.1, 0.15) is 43.7 Å². The molecule has 2 aliphatic carbocycles. The SMILES string of the molecule is N#CCCC(NC(=O)NC1C2CCC(C2)C1CO)c1ccccc1. The fourth-order valence-electron chi connectivity index (χ4n) is 4.47. The number of aliphatic hydroxyl groups is 1. The topological polar surface area (TPSA) is 85.2 Å². The Bertz CT molecular complexity index is 598. The van der Waals surface area contributed by atoms with Crippen molar-refractivity contribution in [2.24, 2.45) is 17.8 Å². The number of hydrogen-bond donors (Lipinski definition) is 3. The number of amides is 2. The van der Waals surface area contributed by atoms with Crippen molar-refractivity contribution in [3.63, 3.8) is 0 Å². The molecular formula is C19H25N3O2. The minimum atomic E-state index is -0.196. The molecule has 2 fully saturated rings. The summed E-state index contributed by atoms with van der Waals surface area (Å²) in [4.78, 5) is 12.5. The van der Waals surface area contributed by atoms with Crippen LogP contribution < -0.4 is 10.6 Å². The van der Waals surface area contributed by atoms with Crippen LogP contribution in [0, 0.1) is 29.1 Å². The van der Waals surface area contributed by atoms with Crippen molar-refractivity contribution in [1.29, 1.82) is 5.26 Å². The molecule has 2 saturated carbocycles. The third-order valence-electron chi connectivity index (χ3n) is 5.65. The predicted molar refractivity (Wildman–Crippen MR) is 90.9 cm³/mol. The summed E-state index contributed by atoms with van der Waals surface area (Å²) in [6.45, 7) is 0.142. The molecule has 5 heteroatoms. The molecule has 2 aliphatic rings. The molecule has 0 saturated heterocycles. The second-order valence-corrected chi connectivity index (χ2v) is 6.98. The summed E-state index contributed by atoms with van der Waals surface area (Å²) in [5, 5.41) is 24.6. The van der Waals surface area contributed by atoms with Crippen LogP contribution in [0.25, 0.3) is 0 Å². The van der Waals surface area contributed by atoms with Gasteiger partial charge in [-0.1, -0.05) is 30.3 Å². The lowest BCUT2D eigenvalue weighted by Gasteiger charge is -2.31. The van der Waals surface area contributed by atoms with Gasteiger partial charge in [-0.2, -0.15) is 5.26 Å². The summed E-state index contributed by atoms with van der Waals surface area (Å²) in [5.41, 5.74) is 1.01. The van der Waals surface area contributed by atoms with E-state index in [1.54, 1.807) is 0 Å². The Balaban J connectivity index is 1.62. The Morgan fingerprint density at radius 2 is 2.04 bits per heavy atom. The predicted octanol–water partition coefficient (Wildman–Crippen LogP) is 2.74. The summed E-state index contributed by atoms with van der Waals surface area (Å²) in [7, 11) is 0. The molecule has 0 aliphatic heterocycles. The first kappa shape index (κ1) is 16.8. The van der Waals surface area contributed by atoms with E-state index in [1.807, 2.05) is 30.3 Å². The van der Waals surface area contributed by atoms with E-state index in [0.717, 1.165) is 18.4 Å². The minimum Gasteiger partial charge on any atom is -0.396 e. The second kappa shape index (κ2) is 7.67. The van der Waals surface area contributed by atoms with Gasteiger partial charge >= 0.3 is 6.03 Å². The highest BCUT2D eigenvalue weighted by Gasteiger charge is 2.47. The molecule has 5 unspecified atom stereocenters. The number of rotatable bonds is 6.